The second-order valence-electron chi connectivity index (χ2n) is 4.24. The summed E-state index contributed by atoms with van der Waals surface area (Å²) in [5.41, 5.74) is 7.01. The Morgan fingerprint density at radius 3 is 2.32 bits per heavy atom. The summed E-state index contributed by atoms with van der Waals surface area (Å²) in [4.78, 5) is 11.8. The Morgan fingerprint density at radius 2 is 1.68 bits per heavy atom. The van der Waals surface area contributed by atoms with Crippen LogP contribution in [0.4, 0.5) is 4.39 Å². The van der Waals surface area contributed by atoms with Crippen LogP contribution in [-0.4, -0.2) is 5.91 Å². The minimum Gasteiger partial charge on any atom is -0.287 e. The molecular weight excluding hydrogens is 243 g/mol. The van der Waals surface area contributed by atoms with Gasteiger partial charge in [-0.2, -0.15) is 0 Å². The molecule has 2 N–H and O–H groups in total. The molecule has 0 aliphatic rings. The van der Waals surface area contributed by atoms with E-state index >= 15 is 0 Å². The van der Waals surface area contributed by atoms with Crippen LogP contribution >= 0.6 is 0 Å². The summed E-state index contributed by atoms with van der Waals surface area (Å²) in [6, 6.07) is 15.2. The fourth-order valence-corrected chi connectivity index (χ4v) is 1.67. The zero-order valence-electron chi connectivity index (χ0n) is 10.6. The summed E-state index contributed by atoms with van der Waals surface area (Å²) in [7, 11) is 0. The SMILES string of the molecule is C[C@H](NNC(=O)c1ccc(F)cc1)c1ccccc1. The fourth-order valence-electron chi connectivity index (χ4n) is 1.67. The molecule has 0 heterocycles. The molecule has 0 bridgehead atoms. The monoisotopic (exact) mass is 258 g/mol. The first-order valence-corrected chi connectivity index (χ1v) is 6.03. The highest BCUT2D eigenvalue weighted by atomic mass is 19.1. The molecule has 2 rings (SSSR count). The molecule has 98 valence electrons. The Morgan fingerprint density at radius 1 is 1.05 bits per heavy atom. The van der Waals surface area contributed by atoms with E-state index in [1.54, 1.807) is 0 Å². The summed E-state index contributed by atoms with van der Waals surface area (Å²) in [5.74, 6) is -0.648. The van der Waals surface area contributed by atoms with Gasteiger partial charge in [0.25, 0.3) is 5.91 Å². The largest absolute Gasteiger partial charge is 0.287 e. The van der Waals surface area contributed by atoms with Crippen LogP contribution in [0.1, 0.15) is 28.9 Å². The maximum absolute atomic E-state index is 12.7. The van der Waals surface area contributed by atoms with Gasteiger partial charge in [0.05, 0.1) is 0 Å². The van der Waals surface area contributed by atoms with Crippen molar-refractivity contribution >= 4 is 5.91 Å². The van der Waals surface area contributed by atoms with Crippen LogP contribution in [0.15, 0.2) is 54.6 Å². The second kappa shape index (κ2) is 6.11. The van der Waals surface area contributed by atoms with E-state index in [0.29, 0.717) is 5.56 Å². The predicted octanol–water partition coefficient (Wildman–Crippen LogP) is 2.82. The van der Waals surface area contributed by atoms with Crippen molar-refractivity contribution in [3.63, 3.8) is 0 Å². The van der Waals surface area contributed by atoms with E-state index in [1.807, 2.05) is 37.3 Å². The number of carbonyl (C=O) groups excluding carboxylic acids is 1. The van der Waals surface area contributed by atoms with Crippen LogP contribution in [0.25, 0.3) is 0 Å². The van der Waals surface area contributed by atoms with Crippen LogP contribution in [-0.2, 0) is 0 Å². The van der Waals surface area contributed by atoms with E-state index in [2.05, 4.69) is 10.9 Å². The van der Waals surface area contributed by atoms with Crippen LogP contribution in [0.3, 0.4) is 0 Å². The average molecular weight is 258 g/mol. The van der Waals surface area contributed by atoms with Crippen LogP contribution in [0, 0.1) is 5.82 Å². The Kier molecular flexibility index (Phi) is 4.26. The lowest BCUT2D eigenvalue weighted by molar-refractivity contribution is 0.0926. The number of hydrogen-bond acceptors (Lipinski definition) is 2. The Bertz CT molecular complexity index is 540. The maximum atomic E-state index is 12.7. The standard InChI is InChI=1S/C15H15FN2O/c1-11(12-5-3-2-4-6-12)17-18-15(19)13-7-9-14(16)10-8-13/h2-11,17H,1H3,(H,18,19)/t11-/m0/s1. The molecule has 0 fully saturated rings. The van der Waals surface area contributed by atoms with Gasteiger partial charge in [0.1, 0.15) is 5.82 Å². The Labute approximate surface area is 111 Å². The lowest BCUT2D eigenvalue weighted by Gasteiger charge is -2.15. The number of rotatable bonds is 4. The summed E-state index contributed by atoms with van der Waals surface area (Å²) >= 11 is 0. The summed E-state index contributed by atoms with van der Waals surface area (Å²) in [5, 5.41) is 0. The number of hydrogen-bond donors (Lipinski definition) is 2. The minimum absolute atomic E-state index is 0.00871. The van der Waals surface area contributed by atoms with Crippen LogP contribution < -0.4 is 10.9 Å². The Hall–Kier alpha value is -2.20. The topological polar surface area (TPSA) is 41.1 Å². The van der Waals surface area contributed by atoms with Crippen molar-refractivity contribution in [2.45, 2.75) is 13.0 Å². The smallest absolute Gasteiger partial charge is 0.265 e. The molecule has 2 aromatic carbocycles. The molecule has 0 aliphatic heterocycles. The molecule has 4 heteroatoms. The van der Waals surface area contributed by atoms with Crippen molar-refractivity contribution < 1.29 is 9.18 Å². The van der Waals surface area contributed by atoms with E-state index < -0.39 is 0 Å². The molecule has 0 unspecified atom stereocenters. The van der Waals surface area contributed by atoms with Gasteiger partial charge in [0.2, 0.25) is 0 Å². The predicted molar refractivity (Wildman–Crippen MR) is 71.9 cm³/mol. The zero-order valence-corrected chi connectivity index (χ0v) is 10.6. The van der Waals surface area contributed by atoms with Crippen molar-refractivity contribution in [1.29, 1.82) is 0 Å². The molecule has 1 atom stereocenters. The highest BCUT2D eigenvalue weighted by molar-refractivity contribution is 5.93. The van der Waals surface area contributed by atoms with Crippen molar-refractivity contribution in [2.24, 2.45) is 0 Å². The lowest BCUT2D eigenvalue weighted by atomic mass is 10.1. The highest BCUT2D eigenvalue weighted by Crippen LogP contribution is 2.10. The molecule has 1 amide bonds. The fraction of sp³-hybridized carbons (Fsp3) is 0.133. The van der Waals surface area contributed by atoms with E-state index in [9.17, 15) is 9.18 Å². The lowest BCUT2D eigenvalue weighted by Crippen LogP contribution is -2.39. The van der Waals surface area contributed by atoms with Crippen LogP contribution in [0.5, 0.6) is 0 Å². The third kappa shape index (κ3) is 3.63. The van der Waals surface area contributed by atoms with Gasteiger partial charge in [-0.25, -0.2) is 9.82 Å². The van der Waals surface area contributed by atoms with Crippen LogP contribution in [0.2, 0.25) is 0 Å². The van der Waals surface area contributed by atoms with Gasteiger partial charge < -0.3 is 0 Å². The highest BCUT2D eigenvalue weighted by Gasteiger charge is 2.08. The first-order valence-electron chi connectivity index (χ1n) is 6.03. The van der Waals surface area contributed by atoms with E-state index in [4.69, 9.17) is 0 Å². The third-order valence-electron chi connectivity index (χ3n) is 2.81. The summed E-state index contributed by atoms with van der Waals surface area (Å²) < 4.78 is 12.7. The molecule has 0 spiro atoms. The number of halogens is 1. The summed E-state index contributed by atoms with van der Waals surface area (Å²) in [6.45, 7) is 1.94. The first kappa shape index (κ1) is 13.2. The van der Waals surface area contributed by atoms with E-state index in [-0.39, 0.29) is 17.8 Å². The molecular formula is C15H15FN2O. The summed E-state index contributed by atoms with van der Waals surface area (Å²) in [6.07, 6.45) is 0. The van der Waals surface area contributed by atoms with Crippen molar-refractivity contribution in [1.82, 2.24) is 10.9 Å². The van der Waals surface area contributed by atoms with Gasteiger partial charge >= 0.3 is 0 Å². The van der Waals surface area contributed by atoms with E-state index in [1.165, 1.54) is 24.3 Å². The Balaban J connectivity index is 1.92. The maximum Gasteiger partial charge on any atom is 0.265 e. The van der Waals surface area contributed by atoms with Gasteiger partial charge in [-0.05, 0) is 36.8 Å². The van der Waals surface area contributed by atoms with E-state index in [0.717, 1.165) is 5.56 Å². The molecule has 0 aromatic heterocycles. The number of benzene rings is 2. The number of carbonyl (C=O) groups is 1. The third-order valence-corrected chi connectivity index (χ3v) is 2.81. The van der Waals surface area contributed by atoms with Crippen molar-refractivity contribution in [3.8, 4) is 0 Å². The molecule has 0 saturated heterocycles. The van der Waals surface area contributed by atoms with Crippen molar-refractivity contribution in [2.75, 3.05) is 0 Å². The zero-order chi connectivity index (χ0) is 13.7. The van der Waals surface area contributed by atoms with Gasteiger partial charge in [-0.1, -0.05) is 30.3 Å². The minimum atomic E-state index is -0.359. The number of amides is 1. The molecule has 0 saturated carbocycles. The molecule has 19 heavy (non-hydrogen) atoms. The normalized spacial score (nSPS) is 11.9. The molecule has 0 aliphatic carbocycles. The molecule has 3 nitrogen and oxygen atoms in total. The van der Waals surface area contributed by atoms with Gasteiger partial charge in [0.15, 0.2) is 0 Å². The quantitative estimate of drug-likeness (QED) is 0.828. The second-order valence-corrected chi connectivity index (χ2v) is 4.24. The van der Waals surface area contributed by atoms with Gasteiger partial charge in [0, 0.05) is 11.6 Å². The average Bonchev–Trinajstić information content (AvgIpc) is 2.46. The van der Waals surface area contributed by atoms with Crippen molar-refractivity contribution in [3.05, 3.63) is 71.5 Å². The first-order chi connectivity index (χ1) is 9.16. The molecule has 0 radical (unpaired) electrons. The molecule has 2 aromatic rings. The van der Waals surface area contributed by atoms with Gasteiger partial charge in [-0.3, -0.25) is 10.2 Å². The van der Waals surface area contributed by atoms with Gasteiger partial charge in [-0.15, -0.1) is 0 Å². The number of nitrogens with one attached hydrogen (secondary N) is 2. The number of hydrazine groups is 1.